The highest BCUT2D eigenvalue weighted by Gasteiger charge is 2.15. The molecule has 0 aliphatic carbocycles. The van der Waals surface area contributed by atoms with E-state index in [-0.39, 0.29) is 12.4 Å². The largest absolute Gasteiger partial charge is 0.497 e. The lowest BCUT2D eigenvalue weighted by atomic mass is 9.92. The minimum atomic E-state index is 0. The van der Waals surface area contributed by atoms with Gasteiger partial charge in [0, 0.05) is 11.5 Å². The second-order valence-corrected chi connectivity index (χ2v) is 5.22. The molecule has 0 amide bonds. The van der Waals surface area contributed by atoms with Gasteiger partial charge in [0.25, 0.3) is 0 Å². The van der Waals surface area contributed by atoms with Gasteiger partial charge in [-0.1, -0.05) is 5.16 Å². The van der Waals surface area contributed by atoms with Gasteiger partial charge in [-0.15, -0.1) is 12.4 Å². The van der Waals surface area contributed by atoms with E-state index in [4.69, 9.17) is 9.26 Å². The van der Waals surface area contributed by atoms with Gasteiger partial charge in [0.1, 0.15) is 5.75 Å². The van der Waals surface area contributed by atoms with E-state index in [9.17, 15) is 0 Å². The van der Waals surface area contributed by atoms with Gasteiger partial charge in [0.05, 0.1) is 12.8 Å². The van der Waals surface area contributed by atoms with E-state index >= 15 is 0 Å². The van der Waals surface area contributed by atoms with Gasteiger partial charge < -0.3 is 14.6 Å². The Kier molecular flexibility index (Phi) is 5.26. The predicted molar refractivity (Wildman–Crippen MR) is 81.7 cm³/mol. The van der Waals surface area contributed by atoms with E-state index in [0.29, 0.717) is 0 Å². The zero-order valence-electron chi connectivity index (χ0n) is 11.7. The lowest BCUT2D eigenvalue weighted by molar-refractivity contribution is 0.350. The minimum Gasteiger partial charge on any atom is -0.497 e. The average Bonchev–Trinajstić information content (AvgIpc) is 2.88. The van der Waals surface area contributed by atoms with Crippen molar-refractivity contribution in [2.24, 2.45) is 5.92 Å². The number of benzene rings is 1. The lowest BCUT2D eigenvalue weighted by Gasteiger charge is -2.21. The van der Waals surface area contributed by atoms with Crippen molar-refractivity contribution in [2.45, 2.75) is 25.7 Å². The zero-order valence-corrected chi connectivity index (χ0v) is 12.5. The van der Waals surface area contributed by atoms with Gasteiger partial charge >= 0.3 is 0 Å². The zero-order chi connectivity index (χ0) is 13.1. The van der Waals surface area contributed by atoms with Gasteiger partial charge in [0.2, 0.25) is 0 Å². The van der Waals surface area contributed by atoms with Crippen molar-refractivity contribution in [1.82, 2.24) is 10.5 Å². The van der Waals surface area contributed by atoms with Crippen LogP contribution in [0.4, 0.5) is 0 Å². The maximum absolute atomic E-state index is 5.39. The molecule has 2 heterocycles. The summed E-state index contributed by atoms with van der Waals surface area (Å²) in [5.74, 6) is 1.64. The Bertz CT molecular complexity index is 550. The van der Waals surface area contributed by atoms with Gasteiger partial charge in [-0.05, 0) is 56.8 Å². The van der Waals surface area contributed by atoms with Gasteiger partial charge in [-0.25, -0.2) is 0 Å². The molecule has 2 aromatic rings. The molecule has 0 spiro atoms. The summed E-state index contributed by atoms with van der Waals surface area (Å²) in [4.78, 5) is 0. The van der Waals surface area contributed by atoms with Gasteiger partial charge in [-0.3, -0.25) is 0 Å². The van der Waals surface area contributed by atoms with E-state index in [0.717, 1.165) is 47.8 Å². The first-order valence-corrected chi connectivity index (χ1v) is 7.00. The van der Waals surface area contributed by atoms with Crippen LogP contribution in [0.1, 0.15) is 25.0 Å². The number of nitrogens with zero attached hydrogens (tertiary/aromatic N) is 1. The normalized spacial score (nSPS) is 16.1. The van der Waals surface area contributed by atoms with Crippen molar-refractivity contribution in [1.29, 1.82) is 0 Å². The summed E-state index contributed by atoms with van der Waals surface area (Å²) in [6.07, 6.45) is 4.77. The fraction of sp³-hybridized carbons (Fsp3) is 0.533. The van der Waals surface area contributed by atoms with Crippen LogP contribution in [-0.4, -0.2) is 25.4 Å². The van der Waals surface area contributed by atoms with Crippen molar-refractivity contribution in [3.63, 3.8) is 0 Å². The topological polar surface area (TPSA) is 47.3 Å². The predicted octanol–water partition coefficient (Wildman–Crippen LogP) is 3.19. The number of piperidine rings is 1. The molecular formula is C15H21ClN2O2. The number of hydrogen-bond acceptors (Lipinski definition) is 4. The summed E-state index contributed by atoms with van der Waals surface area (Å²) in [6, 6.07) is 5.91. The fourth-order valence-corrected chi connectivity index (χ4v) is 2.79. The molecule has 1 aliphatic heterocycles. The Hall–Kier alpha value is -1.26. The van der Waals surface area contributed by atoms with Crippen molar-refractivity contribution in [3.05, 3.63) is 23.9 Å². The molecule has 1 aromatic heterocycles. The maximum Gasteiger partial charge on any atom is 0.170 e. The number of halogens is 1. The summed E-state index contributed by atoms with van der Waals surface area (Å²) >= 11 is 0. The minimum absolute atomic E-state index is 0. The molecule has 20 heavy (non-hydrogen) atoms. The molecule has 0 radical (unpaired) electrons. The van der Waals surface area contributed by atoms with Gasteiger partial charge in [0.15, 0.2) is 5.58 Å². The third-order valence-corrected chi connectivity index (χ3v) is 4.00. The monoisotopic (exact) mass is 296 g/mol. The second-order valence-electron chi connectivity index (χ2n) is 5.22. The van der Waals surface area contributed by atoms with E-state index < -0.39 is 0 Å². The van der Waals surface area contributed by atoms with E-state index in [1.165, 1.54) is 19.3 Å². The van der Waals surface area contributed by atoms with Crippen LogP contribution < -0.4 is 10.1 Å². The number of nitrogens with one attached hydrogen (secondary N) is 1. The quantitative estimate of drug-likeness (QED) is 0.941. The smallest absolute Gasteiger partial charge is 0.170 e. The van der Waals surface area contributed by atoms with Crippen molar-refractivity contribution < 1.29 is 9.26 Å². The van der Waals surface area contributed by atoms with Gasteiger partial charge in [-0.2, -0.15) is 0 Å². The van der Waals surface area contributed by atoms with Crippen LogP contribution in [-0.2, 0) is 6.42 Å². The summed E-state index contributed by atoms with van der Waals surface area (Å²) in [7, 11) is 1.66. The number of aromatic nitrogens is 1. The Labute approximate surface area is 125 Å². The molecule has 110 valence electrons. The number of methoxy groups -OCH3 is 1. The number of aryl methyl sites for hydroxylation is 1. The number of rotatable bonds is 4. The summed E-state index contributed by atoms with van der Waals surface area (Å²) in [6.45, 7) is 2.31. The van der Waals surface area contributed by atoms with Crippen LogP contribution in [0, 0.1) is 5.92 Å². The molecule has 4 nitrogen and oxygen atoms in total. The second kappa shape index (κ2) is 6.95. The highest BCUT2D eigenvalue weighted by Crippen LogP contribution is 2.26. The third-order valence-electron chi connectivity index (χ3n) is 4.00. The molecule has 1 N–H and O–H groups in total. The first kappa shape index (κ1) is 15.1. The van der Waals surface area contributed by atoms with Crippen LogP contribution in [0.25, 0.3) is 11.0 Å². The highest BCUT2D eigenvalue weighted by molar-refractivity contribution is 5.85. The van der Waals surface area contributed by atoms with E-state index in [1.54, 1.807) is 7.11 Å². The Balaban J connectivity index is 0.00000147. The summed E-state index contributed by atoms with van der Waals surface area (Å²) < 4.78 is 10.6. The van der Waals surface area contributed by atoms with E-state index in [2.05, 4.69) is 10.5 Å². The highest BCUT2D eigenvalue weighted by atomic mass is 35.5. The molecule has 0 saturated carbocycles. The number of hydrogen-bond donors (Lipinski definition) is 1. The molecule has 1 saturated heterocycles. The first-order valence-electron chi connectivity index (χ1n) is 7.00. The standard InChI is InChI=1S/C15H20N2O2.ClH/c1-18-12-3-4-13-14(17-19-15(13)10-12)5-2-11-6-8-16-9-7-11;/h3-4,10-11,16H,2,5-9H2,1H3;1H. The SMILES string of the molecule is COc1ccc2c(CCC3CCNCC3)noc2c1.Cl. The first-order chi connectivity index (χ1) is 9.36. The molecule has 1 aliphatic rings. The van der Waals surface area contributed by atoms with Crippen LogP contribution in [0.15, 0.2) is 22.7 Å². The van der Waals surface area contributed by atoms with Crippen LogP contribution in [0.2, 0.25) is 0 Å². The molecule has 0 atom stereocenters. The molecule has 0 unspecified atom stereocenters. The van der Waals surface area contributed by atoms with Crippen molar-refractivity contribution in [2.75, 3.05) is 20.2 Å². The van der Waals surface area contributed by atoms with Crippen molar-refractivity contribution in [3.8, 4) is 5.75 Å². The Morgan fingerprint density at radius 2 is 2.15 bits per heavy atom. The van der Waals surface area contributed by atoms with Crippen LogP contribution in [0.5, 0.6) is 5.75 Å². The molecule has 1 fully saturated rings. The molecule has 5 heteroatoms. The van der Waals surface area contributed by atoms with Crippen molar-refractivity contribution >= 4 is 23.4 Å². The van der Waals surface area contributed by atoms with E-state index in [1.807, 2.05) is 18.2 Å². The molecule has 3 rings (SSSR count). The lowest BCUT2D eigenvalue weighted by Crippen LogP contribution is -2.27. The Morgan fingerprint density at radius 3 is 2.90 bits per heavy atom. The summed E-state index contributed by atoms with van der Waals surface area (Å²) in [5.41, 5.74) is 1.90. The average molecular weight is 297 g/mol. The number of ether oxygens (including phenoxy) is 1. The van der Waals surface area contributed by atoms with Crippen LogP contribution >= 0.6 is 12.4 Å². The molecular weight excluding hydrogens is 276 g/mol. The molecule has 0 bridgehead atoms. The summed E-state index contributed by atoms with van der Waals surface area (Å²) in [5, 5.41) is 8.73. The Morgan fingerprint density at radius 1 is 1.35 bits per heavy atom. The van der Waals surface area contributed by atoms with Crippen LogP contribution in [0.3, 0.4) is 0 Å². The maximum atomic E-state index is 5.39. The molecule has 1 aromatic carbocycles. The fourth-order valence-electron chi connectivity index (χ4n) is 2.79. The third kappa shape index (κ3) is 3.25. The number of fused-ring (bicyclic) bond motifs is 1.